The van der Waals surface area contributed by atoms with Gasteiger partial charge in [0.15, 0.2) is 0 Å². The van der Waals surface area contributed by atoms with Gasteiger partial charge >= 0.3 is 0 Å². The second-order valence-corrected chi connectivity index (χ2v) is 4.46. The zero-order valence-electron chi connectivity index (χ0n) is 9.67. The van der Waals surface area contributed by atoms with Crippen LogP contribution in [0.1, 0.15) is 25.0 Å². The number of nitrogens with one attached hydrogen (secondary N) is 1. The van der Waals surface area contributed by atoms with E-state index in [0.29, 0.717) is 6.54 Å². The molecular formula is C13H18N2. The van der Waals surface area contributed by atoms with Crippen LogP contribution in [-0.2, 0) is 5.41 Å². The first kappa shape index (κ1) is 11.7. The predicted molar refractivity (Wildman–Crippen MR) is 62.7 cm³/mol. The molecular weight excluding hydrogens is 184 g/mol. The molecule has 1 N–H and O–H groups in total. The van der Waals surface area contributed by atoms with Gasteiger partial charge in [-0.05, 0) is 18.1 Å². The summed E-state index contributed by atoms with van der Waals surface area (Å²) in [6.45, 7) is 7.75. The fraction of sp³-hybridized carbons (Fsp3) is 0.462. The van der Waals surface area contributed by atoms with Crippen LogP contribution in [0, 0.1) is 18.3 Å². The molecule has 1 rings (SSSR count). The largest absolute Gasteiger partial charge is 0.304 e. The molecule has 0 radical (unpaired) electrons. The van der Waals surface area contributed by atoms with E-state index in [9.17, 15) is 0 Å². The zero-order valence-corrected chi connectivity index (χ0v) is 9.67. The minimum absolute atomic E-state index is 0.0716. The summed E-state index contributed by atoms with van der Waals surface area (Å²) in [4.78, 5) is 0. The molecule has 0 saturated carbocycles. The van der Waals surface area contributed by atoms with E-state index in [2.05, 4.69) is 56.4 Å². The van der Waals surface area contributed by atoms with Crippen molar-refractivity contribution in [3.8, 4) is 6.07 Å². The van der Waals surface area contributed by atoms with Crippen LogP contribution >= 0.6 is 0 Å². The van der Waals surface area contributed by atoms with Crippen molar-refractivity contribution < 1.29 is 0 Å². The molecule has 0 aliphatic carbocycles. The van der Waals surface area contributed by atoms with Crippen LogP contribution < -0.4 is 5.32 Å². The third kappa shape index (κ3) is 3.07. The molecule has 80 valence electrons. The molecule has 0 fully saturated rings. The third-order valence-electron chi connectivity index (χ3n) is 2.65. The lowest BCUT2D eigenvalue weighted by atomic mass is 9.82. The topological polar surface area (TPSA) is 35.8 Å². The maximum Gasteiger partial charge on any atom is 0.0841 e. The Morgan fingerprint density at radius 3 is 2.60 bits per heavy atom. The van der Waals surface area contributed by atoms with Gasteiger partial charge in [-0.3, -0.25) is 0 Å². The normalized spacial score (nSPS) is 11.1. The average molecular weight is 202 g/mol. The van der Waals surface area contributed by atoms with Gasteiger partial charge in [-0.25, -0.2) is 0 Å². The molecule has 2 heteroatoms. The van der Waals surface area contributed by atoms with E-state index in [1.54, 1.807) is 0 Å². The van der Waals surface area contributed by atoms with E-state index >= 15 is 0 Å². The molecule has 0 aliphatic heterocycles. The maximum atomic E-state index is 8.48. The van der Waals surface area contributed by atoms with E-state index in [0.717, 1.165) is 6.54 Å². The van der Waals surface area contributed by atoms with Gasteiger partial charge in [0, 0.05) is 12.0 Å². The summed E-state index contributed by atoms with van der Waals surface area (Å²) in [5, 5.41) is 11.6. The van der Waals surface area contributed by atoms with Crippen molar-refractivity contribution in [1.29, 1.82) is 5.26 Å². The van der Waals surface area contributed by atoms with Crippen LogP contribution in [0.25, 0.3) is 0 Å². The number of rotatable bonds is 4. The van der Waals surface area contributed by atoms with Crippen LogP contribution in [0.3, 0.4) is 0 Å². The summed E-state index contributed by atoms with van der Waals surface area (Å²) in [6.07, 6.45) is 0. The molecule has 1 aromatic carbocycles. The smallest absolute Gasteiger partial charge is 0.0841 e. The quantitative estimate of drug-likeness (QED) is 0.601. The number of hydrogen-bond donors (Lipinski definition) is 1. The maximum absolute atomic E-state index is 8.48. The summed E-state index contributed by atoms with van der Waals surface area (Å²) in [5.74, 6) is 0. The first-order valence-corrected chi connectivity index (χ1v) is 5.22. The van der Waals surface area contributed by atoms with Gasteiger partial charge in [0.1, 0.15) is 0 Å². The molecule has 2 nitrogen and oxygen atoms in total. The lowest BCUT2D eigenvalue weighted by Crippen LogP contribution is -2.33. The Balaban J connectivity index is 2.77. The van der Waals surface area contributed by atoms with Gasteiger partial charge in [-0.2, -0.15) is 5.26 Å². The molecule has 1 aromatic rings. The molecule has 0 atom stereocenters. The summed E-state index contributed by atoms with van der Waals surface area (Å²) in [6, 6.07) is 10.5. The fourth-order valence-electron chi connectivity index (χ4n) is 1.86. The highest BCUT2D eigenvalue weighted by molar-refractivity contribution is 5.32. The molecule has 0 unspecified atom stereocenters. The Morgan fingerprint density at radius 2 is 2.00 bits per heavy atom. The monoisotopic (exact) mass is 202 g/mol. The number of nitriles is 1. The molecule has 15 heavy (non-hydrogen) atoms. The van der Waals surface area contributed by atoms with Crippen LogP contribution in [0.5, 0.6) is 0 Å². The molecule has 0 aromatic heterocycles. The minimum Gasteiger partial charge on any atom is -0.304 e. The van der Waals surface area contributed by atoms with Crippen molar-refractivity contribution >= 4 is 0 Å². The van der Waals surface area contributed by atoms with Gasteiger partial charge in [-0.1, -0.05) is 38.1 Å². The number of hydrogen-bond acceptors (Lipinski definition) is 2. The summed E-state index contributed by atoms with van der Waals surface area (Å²) < 4.78 is 0. The van der Waals surface area contributed by atoms with Gasteiger partial charge in [0.25, 0.3) is 0 Å². The standard InChI is InChI=1S/C13H18N2/c1-11-6-4-5-7-12(11)13(2,3)10-15-9-8-14/h4-7,15H,9-10H2,1-3H3. The highest BCUT2D eigenvalue weighted by Gasteiger charge is 2.21. The minimum atomic E-state index is 0.0716. The van der Waals surface area contributed by atoms with Crippen molar-refractivity contribution in [3.05, 3.63) is 35.4 Å². The highest BCUT2D eigenvalue weighted by atomic mass is 14.9. The first-order chi connectivity index (χ1) is 7.08. The SMILES string of the molecule is Cc1ccccc1C(C)(C)CNCC#N. The van der Waals surface area contributed by atoms with Crippen molar-refractivity contribution in [2.45, 2.75) is 26.2 Å². The Labute approximate surface area is 91.9 Å². The predicted octanol–water partition coefficient (Wildman–Crippen LogP) is 2.39. The Morgan fingerprint density at radius 1 is 1.33 bits per heavy atom. The number of aryl methyl sites for hydroxylation is 1. The van der Waals surface area contributed by atoms with Crippen molar-refractivity contribution in [3.63, 3.8) is 0 Å². The molecule has 0 bridgehead atoms. The molecule has 0 spiro atoms. The van der Waals surface area contributed by atoms with Crippen molar-refractivity contribution in [1.82, 2.24) is 5.32 Å². The molecule has 0 amide bonds. The highest BCUT2D eigenvalue weighted by Crippen LogP contribution is 2.25. The number of benzene rings is 1. The second kappa shape index (κ2) is 4.95. The average Bonchev–Trinajstić information content (AvgIpc) is 2.18. The van der Waals surface area contributed by atoms with Crippen LogP contribution in [0.2, 0.25) is 0 Å². The van der Waals surface area contributed by atoms with Gasteiger partial charge < -0.3 is 5.32 Å². The van der Waals surface area contributed by atoms with Crippen molar-refractivity contribution in [2.75, 3.05) is 13.1 Å². The van der Waals surface area contributed by atoms with E-state index in [1.807, 2.05) is 0 Å². The fourth-order valence-corrected chi connectivity index (χ4v) is 1.86. The van der Waals surface area contributed by atoms with E-state index in [-0.39, 0.29) is 5.41 Å². The molecule has 0 heterocycles. The van der Waals surface area contributed by atoms with Crippen LogP contribution in [0.4, 0.5) is 0 Å². The Kier molecular flexibility index (Phi) is 3.88. The zero-order chi connectivity index (χ0) is 11.3. The van der Waals surface area contributed by atoms with Gasteiger partial charge in [-0.15, -0.1) is 0 Å². The van der Waals surface area contributed by atoms with Crippen LogP contribution in [0.15, 0.2) is 24.3 Å². The molecule has 0 aliphatic rings. The van der Waals surface area contributed by atoms with E-state index in [1.165, 1.54) is 11.1 Å². The van der Waals surface area contributed by atoms with Crippen LogP contribution in [-0.4, -0.2) is 13.1 Å². The lowest BCUT2D eigenvalue weighted by Gasteiger charge is -2.27. The lowest BCUT2D eigenvalue weighted by molar-refractivity contribution is 0.482. The Hall–Kier alpha value is -1.33. The summed E-state index contributed by atoms with van der Waals surface area (Å²) >= 11 is 0. The second-order valence-electron chi connectivity index (χ2n) is 4.46. The number of nitrogens with zero attached hydrogens (tertiary/aromatic N) is 1. The van der Waals surface area contributed by atoms with E-state index in [4.69, 9.17) is 5.26 Å². The van der Waals surface area contributed by atoms with Gasteiger partial charge in [0.2, 0.25) is 0 Å². The molecule has 0 saturated heterocycles. The first-order valence-electron chi connectivity index (χ1n) is 5.22. The van der Waals surface area contributed by atoms with Gasteiger partial charge in [0.05, 0.1) is 12.6 Å². The van der Waals surface area contributed by atoms with E-state index < -0.39 is 0 Å². The third-order valence-corrected chi connectivity index (χ3v) is 2.65. The summed E-state index contributed by atoms with van der Waals surface area (Å²) in [5.41, 5.74) is 2.72. The Bertz CT molecular complexity index is 361. The van der Waals surface area contributed by atoms with Crippen molar-refractivity contribution in [2.24, 2.45) is 0 Å². The summed E-state index contributed by atoms with van der Waals surface area (Å²) in [7, 11) is 0.